The Labute approximate surface area is 349 Å². The largest absolute Gasteiger partial charge is 0.515 e. The topological polar surface area (TPSA) is 168 Å². The maximum Gasteiger partial charge on any atom is 0.303 e. The molecule has 10 nitrogen and oxygen atoms in total. The van der Waals surface area contributed by atoms with Crippen molar-refractivity contribution in [1.29, 1.82) is 0 Å². The number of hydrogen-bond acceptors (Lipinski definition) is 7. The number of aliphatic hydroxyl groups excluding tert-OH is 2. The molecule has 5 rings (SSSR count). The molecule has 4 aliphatic rings. The monoisotopic (exact) mass is 804 g/mol. The second kappa shape index (κ2) is 20.2. The van der Waals surface area contributed by atoms with Crippen LogP contribution >= 0.6 is 0 Å². The summed E-state index contributed by atoms with van der Waals surface area (Å²) in [7, 11) is 0. The van der Waals surface area contributed by atoms with Crippen LogP contribution < -0.4 is 10.7 Å². The number of carboxylic acids is 2. The first-order valence-electron chi connectivity index (χ1n) is 21.5. The molecule has 0 radical (unpaired) electrons. The number of rotatable bonds is 20. The van der Waals surface area contributed by atoms with Crippen LogP contribution in [0.4, 0.5) is 0 Å². The Morgan fingerprint density at radius 2 is 1.29 bits per heavy atom. The van der Waals surface area contributed by atoms with Crippen LogP contribution in [-0.2, 0) is 9.59 Å². The van der Waals surface area contributed by atoms with Gasteiger partial charge in [0, 0.05) is 40.2 Å². The van der Waals surface area contributed by atoms with Crippen molar-refractivity contribution in [3.63, 3.8) is 0 Å². The normalized spacial score (nSPS) is 18.7. The molecule has 0 saturated heterocycles. The molecule has 0 saturated carbocycles. The number of carboxylic acid groups (broad SMARTS) is 2. The van der Waals surface area contributed by atoms with E-state index in [-0.39, 0.29) is 25.7 Å². The number of carbonyl (C=O) groups is 2. The summed E-state index contributed by atoms with van der Waals surface area (Å²) < 4.78 is 0. The second-order valence-corrected chi connectivity index (χ2v) is 17.3. The Kier molecular flexibility index (Phi) is 15.4. The summed E-state index contributed by atoms with van der Waals surface area (Å²) in [6.07, 6.45) is 19.5. The molecular formula is C49H64N4O6. The predicted molar refractivity (Wildman–Crippen MR) is 240 cm³/mol. The fourth-order valence-electron chi connectivity index (χ4n) is 8.62. The van der Waals surface area contributed by atoms with Crippen LogP contribution in [0.3, 0.4) is 0 Å². The van der Waals surface area contributed by atoms with Crippen molar-refractivity contribution < 1.29 is 30.0 Å². The van der Waals surface area contributed by atoms with Gasteiger partial charge in [0.2, 0.25) is 0 Å². The van der Waals surface area contributed by atoms with Crippen LogP contribution in [0, 0.1) is 24.7 Å². The molecule has 3 atom stereocenters. The fraction of sp³-hybridized carbons (Fsp3) is 0.490. The number of nitrogens with one attached hydrogen (secondary N) is 1. The van der Waals surface area contributed by atoms with E-state index in [1.165, 1.54) is 38.5 Å². The van der Waals surface area contributed by atoms with Gasteiger partial charge >= 0.3 is 11.9 Å². The molecule has 3 unspecified atom stereocenters. The van der Waals surface area contributed by atoms with Crippen molar-refractivity contribution in [3.05, 3.63) is 97.3 Å². The molecule has 5 heterocycles. The minimum absolute atomic E-state index is 0.0939. The number of fused-ring (bicyclic) bond motifs is 5. The van der Waals surface area contributed by atoms with E-state index in [9.17, 15) is 30.0 Å². The van der Waals surface area contributed by atoms with Crippen molar-refractivity contribution in [1.82, 2.24) is 4.98 Å². The van der Waals surface area contributed by atoms with Crippen molar-refractivity contribution in [2.45, 2.75) is 138 Å². The van der Waals surface area contributed by atoms with E-state index in [1.807, 2.05) is 32.9 Å². The minimum Gasteiger partial charge on any atom is -0.515 e. The number of allylic oxidation sites excluding steroid dienone is 7. The van der Waals surface area contributed by atoms with E-state index in [0.29, 0.717) is 57.7 Å². The molecule has 10 heteroatoms. The van der Waals surface area contributed by atoms with Gasteiger partial charge in [0.15, 0.2) is 0 Å². The molecule has 59 heavy (non-hydrogen) atoms. The van der Waals surface area contributed by atoms with Crippen LogP contribution in [-0.4, -0.2) is 60.6 Å². The molecule has 0 amide bonds. The Balaban J connectivity index is 1.52. The zero-order valence-corrected chi connectivity index (χ0v) is 36.1. The van der Waals surface area contributed by atoms with E-state index in [4.69, 9.17) is 15.0 Å². The van der Waals surface area contributed by atoms with Crippen LogP contribution in [0.25, 0.3) is 18.2 Å². The highest BCUT2D eigenvalue weighted by Gasteiger charge is 2.30. The molecule has 4 aliphatic heterocycles. The van der Waals surface area contributed by atoms with E-state index in [1.54, 1.807) is 18.2 Å². The third-order valence-electron chi connectivity index (χ3n) is 12.2. The van der Waals surface area contributed by atoms with Crippen molar-refractivity contribution in [2.75, 3.05) is 0 Å². The number of aromatic amines is 1. The number of aromatic nitrogens is 1. The molecule has 5 N–H and O–H groups in total. The fourth-order valence-corrected chi connectivity index (χ4v) is 8.62. The van der Waals surface area contributed by atoms with Gasteiger partial charge in [-0.15, -0.1) is 0 Å². The number of hydrogen-bond donors (Lipinski definition) is 5. The van der Waals surface area contributed by atoms with Gasteiger partial charge < -0.3 is 25.4 Å². The van der Waals surface area contributed by atoms with Gasteiger partial charge in [0.1, 0.15) is 0 Å². The van der Waals surface area contributed by atoms with E-state index in [2.05, 4.69) is 39.3 Å². The van der Waals surface area contributed by atoms with Gasteiger partial charge in [0.25, 0.3) is 0 Å². The molecule has 0 aliphatic carbocycles. The number of H-pyrrole nitrogens is 1. The Morgan fingerprint density at radius 1 is 0.712 bits per heavy atom. The summed E-state index contributed by atoms with van der Waals surface area (Å²) in [6, 6.07) is 0. The third kappa shape index (κ3) is 11.1. The van der Waals surface area contributed by atoms with E-state index < -0.39 is 18.0 Å². The summed E-state index contributed by atoms with van der Waals surface area (Å²) in [5.41, 5.74) is 9.05. The highest BCUT2D eigenvalue weighted by atomic mass is 16.4. The van der Waals surface area contributed by atoms with Crippen molar-refractivity contribution >= 4 is 47.3 Å². The summed E-state index contributed by atoms with van der Waals surface area (Å²) >= 11 is 0. The van der Waals surface area contributed by atoms with Gasteiger partial charge in [-0.25, -0.2) is 15.0 Å². The Hall–Kier alpha value is -5.09. The average Bonchev–Trinajstić information content (AvgIpc) is 3.85. The molecule has 316 valence electrons. The van der Waals surface area contributed by atoms with Gasteiger partial charge in [-0.05, 0) is 110 Å². The van der Waals surface area contributed by atoms with E-state index in [0.717, 1.165) is 75.1 Å². The molecule has 8 bridgehead atoms. The third-order valence-corrected chi connectivity index (χ3v) is 12.2. The van der Waals surface area contributed by atoms with Crippen LogP contribution in [0.1, 0.15) is 136 Å². The van der Waals surface area contributed by atoms with E-state index >= 15 is 0 Å². The quantitative estimate of drug-likeness (QED) is 0.0823. The maximum absolute atomic E-state index is 11.9. The standard InChI is InChI=1S/C49H64N4O6/c1-9-34-31(6)39-25-45-49(46(55)18-12-17-30(5)16-11-15-29(4)14-10-13-28(2)3)33(8)40(52-45)24-44-37(27-54)36(20-22-48(58)59)43(53-44)26-42-35(19-21-47(56)57)32(7)38(51-42)23-41(34)50-39/h9,23-30,46,50,54-55H,1,10-22H2,2-8H3,(H,56,57)(H,58,59). The average molecular weight is 805 g/mol. The molecule has 0 spiro atoms. The Morgan fingerprint density at radius 3 is 1.88 bits per heavy atom. The van der Waals surface area contributed by atoms with Crippen LogP contribution in [0.15, 0.2) is 90.5 Å². The highest BCUT2D eigenvalue weighted by molar-refractivity contribution is 6.25. The first kappa shape index (κ1) is 45.0. The predicted octanol–water partition coefficient (Wildman–Crippen LogP) is 9.53. The maximum atomic E-state index is 11.9. The summed E-state index contributed by atoms with van der Waals surface area (Å²) in [5, 5.41) is 43.3. The van der Waals surface area contributed by atoms with Gasteiger partial charge in [-0.3, -0.25) is 9.59 Å². The van der Waals surface area contributed by atoms with Gasteiger partial charge in [-0.1, -0.05) is 91.7 Å². The zero-order chi connectivity index (χ0) is 43.0. The first-order chi connectivity index (χ1) is 28.1. The second-order valence-electron chi connectivity index (χ2n) is 17.3. The lowest BCUT2D eigenvalue weighted by molar-refractivity contribution is -0.137. The lowest BCUT2D eigenvalue weighted by Crippen LogP contribution is -2.20. The number of aliphatic hydroxyl groups is 2. The lowest BCUT2D eigenvalue weighted by atomic mass is 9.90. The summed E-state index contributed by atoms with van der Waals surface area (Å²) in [5.74, 6) is 0.162. The van der Waals surface area contributed by atoms with Gasteiger partial charge in [-0.2, -0.15) is 0 Å². The zero-order valence-electron chi connectivity index (χ0n) is 36.1. The SMILES string of the molecule is C=Cc1c(C)c2[nH]c1=CC1=NC(=CC3=C(CCC(=O)O)C(=CO)C(=N3)C=C3N=C(C=2)C(C(O)CCCC(C)CCCC(C)CCCC(C)C)=C3C)C(CCC(=O)O)=C1C. The number of aliphatic carboxylic acids is 2. The molecule has 0 fully saturated rings. The van der Waals surface area contributed by atoms with Crippen molar-refractivity contribution in [2.24, 2.45) is 32.7 Å². The molecule has 1 aromatic heterocycles. The van der Waals surface area contributed by atoms with Crippen LogP contribution in [0.5, 0.6) is 0 Å². The number of aliphatic imine (C=N–C) groups is 3. The van der Waals surface area contributed by atoms with Crippen molar-refractivity contribution in [3.8, 4) is 0 Å². The summed E-state index contributed by atoms with van der Waals surface area (Å²) in [4.78, 5) is 42.0. The molecular weight excluding hydrogens is 741 g/mol. The lowest BCUT2D eigenvalue weighted by Gasteiger charge is -2.17. The van der Waals surface area contributed by atoms with Gasteiger partial charge in [0.05, 0.1) is 46.6 Å². The molecule has 1 aromatic rings. The Bertz CT molecular complexity index is 2250. The van der Waals surface area contributed by atoms with Crippen LogP contribution in [0.2, 0.25) is 0 Å². The highest BCUT2D eigenvalue weighted by Crippen LogP contribution is 2.38. The summed E-state index contributed by atoms with van der Waals surface area (Å²) in [6.45, 7) is 19.3. The minimum atomic E-state index is -0.992. The molecule has 0 aromatic carbocycles. The smallest absolute Gasteiger partial charge is 0.303 e. The first-order valence-corrected chi connectivity index (χ1v) is 21.5. The number of nitrogens with zero attached hydrogens (tertiary/aromatic N) is 3.